The highest BCUT2D eigenvalue weighted by Crippen LogP contribution is 2.43. The van der Waals surface area contributed by atoms with E-state index in [0.717, 1.165) is 0 Å². The zero-order chi connectivity index (χ0) is 21.8. The number of imidazole rings is 1. The fraction of sp³-hybridized carbons (Fsp3) is 0.400. The van der Waals surface area contributed by atoms with E-state index in [1.54, 1.807) is 38.1 Å². The first-order valence-electron chi connectivity index (χ1n) is 9.76. The molecule has 0 saturated carbocycles. The minimum atomic E-state index is -0.832. The lowest BCUT2D eigenvalue weighted by Crippen LogP contribution is -2.33. The zero-order valence-corrected chi connectivity index (χ0v) is 17.5. The van der Waals surface area contributed by atoms with Gasteiger partial charge in [-0.3, -0.25) is 4.79 Å². The molecule has 0 spiro atoms. The largest absolute Gasteiger partial charge is 0.348 e. The van der Waals surface area contributed by atoms with Crippen LogP contribution in [0, 0.1) is 0 Å². The lowest BCUT2D eigenvalue weighted by molar-refractivity contribution is -0.194. The number of ether oxygens (including phenoxy) is 3. The van der Waals surface area contributed by atoms with Gasteiger partial charge in [-0.15, -0.1) is 11.6 Å². The molecule has 2 aliphatic rings. The highest BCUT2D eigenvalue weighted by molar-refractivity contribution is 6.18. The van der Waals surface area contributed by atoms with Gasteiger partial charge in [0.25, 0.3) is 5.91 Å². The van der Waals surface area contributed by atoms with E-state index in [-0.39, 0.29) is 28.8 Å². The van der Waals surface area contributed by atoms with Crippen molar-refractivity contribution < 1.29 is 19.0 Å². The number of halogens is 1. The average Bonchev–Trinajstić information content (AvgIpc) is 3.36. The molecule has 1 amide bonds. The van der Waals surface area contributed by atoms with Crippen molar-refractivity contribution in [3.8, 4) is 0 Å². The predicted molar refractivity (Wildman–Crippen MR) is 111 cm³/mol. The molecule has 0 unspecified atom stereocenters. The van der Waals surface area contributed by atoms with Crippen LogP contribution in [0.3, 0.4) is 0 Å². The Balaban J connectivity index is 1.53. The van der Waals surface area contributed by atoms with Gasteiger partial charge in [0.1, 0.15) is 30.2 Å². The minimum absolute atomic E-state index is 0.182. The Hall–Kier alpha value is -2.79. The second-order valence-electron chi connectivity index (χ2n) is 7.83. The van der Waals surface area contributed by atoms with Crippen molar-refractivity contribution in [1.29, 1.82) is 0 Å². The zero-order valence-electron chi connectivity index (χ0n) is 16.7. The summed E-state index contributed by atoms with van der Waals surface area (Å²) in [5.41, 5.74) is 0.541. The molecule has 11 heteroatoms. The number of carbonyl (C=O) groups excluding carboxylic acids is 1. The van der Waals surface area contributed by atoms with Crippen molar-refractivity contribution in [2.75, 3.05) is 11.2 Å². The Labute approximate surface area is 181 Å². The number of rotatable bonds is 4. The third-order valence-corrected chi connectivity index (χ3v) is 5.61. The van der Waals surface area contributed by atoms with Crippen LogP contribution in [0.2, 0.25) is 0 Å². The van der Waals surface area contributed by atoms with E-state index < -0.39 is 36.0 Å². The van der Waals surface area contributed by atoms with E-state index in [2.05, 4.69) is 20.3 Å². The predicted octanol–water partition coefficient (Wildman–Crippen LogP) is 2.03. The van der Waals surface area contributed by atoms with Crippen molar-refractivity contribution in [3.05, 3.63) is 52.7 Å². The number of anilines is 1. The summed E-state index contributed by atoms with van der Waals surface area (Å²) < 4.78 is 19.3. The van der Waals surface area contributed by atoms with Gasteiger partial charge in [0, 0.05) is 5.56 Å². The Morgan fingerprint density at radius 2 is 1.97 bits per heavy atom. The van der Waals surface area contributed by atoms with Gasteiger partial charge in [0.15, 0.2) is 23.5 Å². The molecule has 0 aliphatic carbocycles. The lowest BCUT2D eigenvalue weighted by atomic mass is 10.1. The first-order chi connectivity index (χ1) is 14.9. The number of aromatic nitrogens is 4. The number of alkyl halides is 1. The molecule has 1 aromatic carbocycles. The van der Waals surface area contributed by atoms with Gasteiger partial charge >= 0.3 is 5.69 Å². The number of hydrogen-bond donors (Lipinski definition) is 2. The van der Waals surface area contributed by atoms with Crippen molar-refractivity contribution in [2.24, 2.45) is 0 Å². The molecule has 5 rings (SSSR count). The van der Waals surface area contributed by atoms with Crippen LogP contribution in [0.1, 0.15) is 30.4 Å². The number of nitrogens with one attached hydrogen (secondary N) is 2. The van der Waals surface area contributed by atoms with Crippen LogP contribution in [0.25, 0.3) is 11.2 Å². The van der Waals surface area contributed by atoms with E-state index in [4.69, 9.17) is 25.8 Å². The summed E-state index contributed by atoms with van der Waals surface area (Å²) in [6, 6.07) is 8.69. The maximum atomic E-state index is 12.9. The van der Waals surface area contributed by atoms with Crippen LogP contribution in [0.4, 0.5) is 5.82 Å². The average molecular weight is 446 g/mol. The van der Waals surface area contributed by atoms with Gasteiger partial charge in [-0.2, -0.15) is 0 Å². The quantitative estimate of drug-likeness (QED) is 0.589. The summed E-state index contributed by atoms with van der Waals surface area (Å²) in [7, 11) is 0. The van der Waals surface area contributed by atoms with Crippen molar-refractivity contribution in [2.45, 2.75) is 44.2 Å². The molecule has 31 heavy (non-hydrogen) atoms. The number of hydrogen-bond acceptors (Lipinski definition) is 7. The standard InChI is InChI=1S/C20H20ClN5O5/c1-20(2)30-13-11(8-21)29-18(14(13)31-20)26-16-12(24-19(26)28)15(22-9-23-16)25-17(27)10-6-4-3-5-7-10/h3-7,9,11,13-14,18H,8H2,1-2H3,(H,24,28)(H,22,23,25,27)/t11-,13-,14-,18-/m1/s1. The topological polar surface area (TPSA) is 120 Å². The van der Waals surface area contributed by atoms with Gasteiger partial charge in [0.05, 0.1) is 5.88 Å². The Kier molecular flexibility index (Phi) is 4.82. The van der Waals surface area contributed by atoms with E-state index in [1.165, 1.54) is 10.9 Å². The van der Waals surface area contributed by atoms with Crippen LogP contribution >= 0.6 is 11.6 Å². The highest BCUT2D eigenvalue weighted by atomic mass is 35.5. The number of fused-ring (bicyclic) bond motifs is 2. The van der Waals surface area contributed by atoms with Crippen LogP contribution in [-0.2, 0) is 14.2 Å². The number of nitrogens with zero attached hydrogens (tertiary/aromatic N) is 3. The monoisotopic (exact) mass is 445 g/mol. The molecule has 0 radical (unpaired) electrons. The van der Waals surface area contributed by atoms with Gasteiger partial charge in [0.2, 0.25) is 0 Å². The van der Waals surface area contributed by atoms with Crippen LogP contribution in [0.15, 0.2) is 41.5 Å². The third-order valence-electron chi connectivity index (χ3n) is 5.31. The molecule has 4 atom stereocenters. The van der Waals surface area contributed by atoms with Crippen LogP contribution in [0.5, 0.6) is 0 Å². The molecule has 2 fully saturated rings. The molecule has 2 aromatic heterocycles. The van der Waals surface area contributed by atoms with E-state index in [1.807, 2.05) is 6.07 Å². The summed E-state index contributed by atoms with van der Waals surface area (Å²) >= 11 is 6.06. The lowest BCUT2D eigenvalue weighted by Gasteiger charge is -2.23. The van der Waals surface area contributed by atoms with Crippen molar-refractivity contribution >= 4 is 34.5 Å². The van der Waals surface area contributed by atoms with Gasteiger partial charge in [-0.05, 0) is 26.0 Å². The molecule has 4 heterocycles. The second-order valence-corrected chi connectivity index (χ2v) is 8.13. The normalized spacial score (nSPS) is 26.8. The fourth-order valence-corrected chi connectivity index (χ4v) is 4.28. The van der Waals surface area contributed by atoms with E-state index >= 15 is 0 Å². The molecule has 2 N–H and O–H groups in total. The molecule has 2 aliphatic heterocycles. The van der Waals surface area contributed by atoms with E-state index in [9.17, 15) is 9.59 Å². The van der Waals surface area contributed by atoms with Crippen LogP contribution in [-0.4, -0.2) is 55.4 Å². The molecule has 162 valence electrons. The number of carbonyl (C=O) groups is 1. The summed E-state index contributed by atoms with van der Waals surface area (Å²) in [6.45, 7) is 3.59. The number of aromatic amines is 1. The first kappa shape index (κ1) is 20.1. The Morgan fingerprint density at radius 3 is 2.71 bits per heavy atom. The third kappa shape index (κ3) is 3.41. The van der Waals surface area contributed by atoms with Crippen molar-refractivity contribution in [1.82, 2.24) is 19.5 Å². The Morgan fingerprint density at radius 1 is 1.23 bits per heavy atom. The fourth-order valence-electron chi connectivity index (χ4n) is 4.03. The maximum Gasteiger partial charge on any atom is 0.330 e. The summed E-state index contributed by atoms with van der Waals surface area (Å²) in [5.74, 6) is -0.826. The number of benzene rings is 1. The number of H-pyrrole nitrogens is 1. The summed E-state index contributed by atoms with van der Waals surface area (Å²) in [5, 5.41) is 2.72. The molecular weight excluding hydrogens is 426 g/mol. The molecule has 2 saturated heterocycles. The number of amides is 1. The molecular formula is C20H20ClN5O5. The molecule has 0 bridgehead atoms. The molecule has 3 aromatic rings. The second kappa shape index (κ2) is 7.41. The van der Waals surface area contributed by atoms with E-state index in [0.29, 0.717) is 5.56 Å². The van der Waals surface area contributed by atoms with Crippen LogP contribution < -0.4 is 11.0 Å². The smallest absolute Gasteiger partial charge is 0.330 e. The van der Waals surface area contributed by atoms with Gasteiger partial charge < -0.3 is 24.5 Å². The van der Waals surface area contributed by atoms with Gasteiger partial charge in [-0.1, -0.05) is 18.2 Å². The summed E-state index contributed by atoms with van der Waals surface area (Å²) in [4.78, 5) is 36.6. The molecule has 10 nitrogen and oxygen atoms in total. The Bertz CT molecular complexity index is 1190. The van der Waals surface area contributed by atoms with Gasteiger partial charge in [-0.25, -0.2) is 19.3 Å². The maximum absolute atomic E-state index is 12.9. The first-order valence-corrected chi connectivity index (χ1v) is 10.3. The minimum Gasteiger partial charge on any atom is -0.348 e. The highest BCUT2D eigenvalue weighted by Gasteiger charge is 2.56. The van der Waals surface area contributed by atoms with Crippen molar-refractivity contribution in [3.63, 3.8) is 0 Å². The summed E-state index contributed by atoms with van der Waals surface area (Å²) in [6.07, 6.45) is -0.950. The SMILES string of the molecule is CC1(C)O[C@@H]2[C@H](O1)[C@@H](CCl)O[C@H]2n1c(=O)[nH]c2c(NC(=O)c3ccccc3)ncnc21.